The molecule has 0 spiro atoms. The van der Waals surface area contributed by atoms with E-state index in [1.807, 2.05) is 63.0 Å². The zero-order chi connectivity index (χ0) is 38.0. The number of hydrogen-bond acceptors (Lipinski definition) is 9. The van der Waals surface area contributed by atoms with Crippen LogP contribution in [-0.2, 0) is 28.6 Å². The summed E-state index contributed by atoms with van der Waals surface area (Å²) in [6, 6.07) is 0. The Bertz CT molecular complexity index is 739. The lowest BCUT2D eigenvalue weighted by molar-refractivity contribution is -0.166. The standard InChI is InChI=1S/C42H80O6S3/c1-8-12-15-18-21-24-27-49-30-36(5)39(43)46-33-42(11-4,34-47-40(44)37(6)31-50-28-25-22-19-16-13-9-2)35-48-41(45)38(7)32-51-29-26-23-20-17-14-10-3/h36-38H,8-35H2,1-7H3. The van der Waals surface area contributed by atoms with E-state index < -0.39 is 5.41 Å². The fourth-order valence-corrected chi connectivity index (χ4v) is 8.66. The number of esters is 3. The lowest BCUT2D eigenvalue weighted by Crippen LogP contribution is -2.40. The van der Waals surface area contributed by atoms with Gasteiger partial charge in [-0.25, -0.2) is 0 Å². The number of unbranched alkanes of at least 4 members (excludes halogenated alkanes) is 15. The first-order valence-corrected chi connectivity index (χ1v) is 24.4. The van der Waals surface area contributed by atoms with Gasteiger partial charge in [0.1, 0.15) is 19.8 Å². The van der Waals surface area contributed by atoms with Crippen molar-refractivity contribution in [3.63, 3.8) is 0 Å². The monoisotopic (exact) mass is 777 g/mol. The van der Waals surface area contributed by atoms with Crippen molar-refractivity contribution in [3.8, 4) is 0 Å². The van der Waals surface area contributed by atoms with Crippen molar-refractivity contribution in [1.29, 1.82) is 0 Å². The maximum Gasteiger partial charge on any atom is 0.309 e. The number of rotatable bonds is 37. The van der Waals surface area contributed by atoms with Crippen LogP contribution in [0.5, 0.6) is 0 Å². The van der Waals surface area contributed by atoms with Gasteiger partial charge in [0, 0.05) is 17.3 Å². The average molecular weight is 777 g/mol. The first kappa shape index (κ1) is 50.5. The highest BCUT2D eigenvalue weighted by Gasteiger charge is 2.36. The van der Waals surface area contributed by atoms with Crippen LogP contribution in [0, 0.1) is 23.2 Å². The molecule has 0 radical (unpaired) electrons. The summed E-state index contributed by atoms with van der Waals surface area (Å²) < 4.78 is 17.6. The Labute approximate surface area is 328 Å². The average Bonchev–Trinajstić information content (AvgIpc) is 3.13. The molecular formula is C42H80O6S3. The quantitative estimate of drug-likeness (QED) is 0.0348. The molecule has 0 aromatic carbocycles. The highest BCUT2D eigenvalue weighted by atomic mass is 32.2. The molecule has 0 aliphatic heterocycles. The number of hydrogen-bond donors (Lipinski definition) is 0. The molecule has 0 aliphatic rings. The zero-order valence-corrected chi connectivity index (χ0v) is 36.7. The van der Waals surface area contributed by atoms with Crippen LogP contribution in [0.4, 0.5) is 0 Å². The van der Waals surface area contributed by atoms with Crippen LogP contribution in [0.15, 0.2) is 0 Å². The minimum Gasteiger partial charge on any atom is -0.465 e. The molecule has 0 saturated carbocycles. The molecule has 0 aliphatic carbocycles. The molecule has 0 aromatic rings. The Morgan fingerprint density at radius 3 is 0.941 bits per heavy atom. The van der Waals surface area contributed by atoms with E-state index in [4.69, 9.17) is 14.2 Å². The van der Waals surface area contributed by atoms with Crippen molar-refractivity contribution in [1.82, 2.24) is 0 Å². The summed E-state index contributed by atoms with van der Waals surface area (Å²) in [6.45, 7) is 14.6. The fourth-order valence-electron chi connectivity index (χ4n) is 5.47. The molecule has 51 heavy (non-hydrogen) atoms. The molecule has 0 bridgehead atoms. The molecule has 6 nitrogen and oxygen atoms in total. The molecular weight excluding hydrogens is 697 g/mol. The molecule has 302 valence electrons. The second kappa shape index (κ2) is 35.2. The van der Waals surface area contributed by atoms with Crippen molar-refractivity contribution >= 4 is 53.2 Å². The minimum absolute atomic E-state index is 0.0532. The number of thioether (sulfide) groups is 3. The minimum atomic E-state index is -0.789. The van der Waals surface area contributed by atoms with Crippen LogP contribution in [0.1, 0.15) is 170 Å². The number of ether oxygens (including phenoxy) is 3. The van der Waals surface area contributed by atoms with Crippen LogP contribution in [-0.4, -0.2) is 72.2 Å². The third-order valence-corrected chi connectivity index (χ3v) is 13.5. The molecule has 3 atom stereocenters. The molecule has 9 heteroatoms. The van der Waals surface area contributed by atoms with Gasteiger partial charge in [-0.05, 0) is 42.9 Å². The predicted octanol–water partition coefficient (Wildman–Crippen LogP) is 12.2. The molecule has 0 N–H and O–H groups in total. The molecule has 0 amide bonds. The van der Waals surface area contributed by atoms with Crippen molar-refractivity contribution < 1.29 is 28.6 Å². The van der Waals surface area contributed by atoms with Gasteiger partial charge in [-0.2, -0.15) is 35.3 Å². The summed E-state index contributed by atoms with van der Waals surface area (Å²) in [5.41, 5.74) is -0.789. The maximum absolute atomic E-state index is 13.1. The first-order chi connectivity index (χ1) is 24.7. The second-order valence-corrected chi connectivity index (χ2v) is 18.4. The largest absolute Gasteiger partial charge is 0.465 e. The third-order valence-electron chi connectivity index (χ3n) is 9.55. The predicted molar refractivity (Wildman–Crippen MR) is 225 cm³/mol. The fraction of sp³-hybridized carbons (Fsp3) is 0.929. The van der Waals surface area contributed by atoms with Gasteiger partial charge in [0.25, 0.3) is 0 Å². The summed E-state index contributed by atoms with van der Waals surface area (Å²) >= 11 is 5.43. The third kappa shape index (κ3) is 28.6. The summed E-state index contributed by atoms with van der Waals surface area (Å²) in [6.07, 6.45) is 23.3. The lowest BCUT2D eigenvalue weighted by atomic mass is 9.87. The van der Waals surface area contributed by atoms with Gasteiger partial charge in [0.05, 0.1) is 23.2 Å². The molecule has 0 rings (SSSR count). The number of carbonyl (C=O) groups is 3. The van der Waals surface area contributed by atoms with Crippen LogP contribution in [0.25, 0.3) is 0 Å². The zero-order valence-electron chi connectivity index (χ0n) is 34.2. The molecule has 0 fully saturated rings. The highest BCUT2D eigenvalue weighted by Crippen LogP contribution is 2.27. The number of carbonyl (C=O) groups excluding carboxylic acids is 3. The van der Waals surface area contributed by atoms with Gasteiger partial charge < -0.3 is 14.2 Å². The Hall–Kier alpha value is -0.540. The van der Waals surface area contributed by atoms with E-state index in [-0.39, 0.29) is 55.5 Å². The smallest absolute Gasteiger partial charge is 0.309 e. The van der Waals surface area contributed by atoms with Crippen molar-refractivity contribution in [2.75, 3.05) is 54.3 Å². The van der Waals surface area contributed by atoms with Crippen molar-refractivity contribution in [2.24, 2.45) is 23.2 Å². The van der Waals surface area contributed by atoms with E-state index in [0.717, 1.165) is 34.5 Å². The van der Waals surface area contributed by atoms with Crippen molar-refractivity contribution in [2.45, 2.75) is 170 Å². The van der Waals surface area contributed by atoms with Crippen LogP contribution in [0.2, 0.25) is 0 Å². The SMILES string of the molecule is CCCCCCCCSCC(C)C(=O)OCC(CC)(COC(=O)C(C)CSCCCCCCCC)COC(=O)C(C)CSCCCCCCCC. The van der Waals surface area contributed by atoms with Crippen LogP contribution >= 0.6 is 35.3 Å². The van der Waals surface area contributed by atoms with Gasteiger partial charge in [-0.1, -0.05) is 145 Å². The van der Waals surface area contributed by atoms with Crippen LogP contribution < -0.4 is 0 Å². The second-order valence-electron chi connectivity index (χ2n) is 14.9. The van der Waals surface area contributed by atoms with E-state index >= 15 is 0 Å². The Morgan fingerprint density at radius 1 is 0.431 bits per heavy atom. The normalized spacial score (nSPS) is 14.4. The van der Waals surface area contributed by atoms with E-state index in [1.54, 1.807) is 0 Å². The summed E-state index contributed by atoms with van der Waals surface area (Å²) in [5, 5.41) is 0. The van der Waals surface area contributed by atoms with E-state index in [9.17, 15) is 14.4 Å². The molecule has 3 unspecified atom stereocenters. The van der Waals surface area contributed by atoms with E-state index in [0.29, 0.717) is 6.42 Å². The molecule has 0 saturated heterocycles. The van der Waals surface area contributed by atoms with Gasteiger partial charge in [0.2, 0.25) is 0 Å². The van der Waals surface area contributed by atoms with E-state index in [2.05, 4.69) is 20.8 Å². The Morgan fingerprint density at radius 2 is 0.686 bits per heavy atom. The molecule has 0 aromatic heterocycles. The first-order valence-electron chi connectivity index (χ1n) is 20.9. The summed E-state index contributed by atoms with van der Waals surface area (Å²) in [7, 11) is 0. The maximum atomic E-state index is 13.1. The highest BCUT2D eigenvalue weighted by molar-refractivity contribution is 7.99. The Kier molecular flexibility index (Phi) is 34.8. The topological polar surface area (TPSA) is 78.9 Å². The molecule has 0 heterocycles. The van der Waals surface area contributed by atoms with Gasteiger partial charge >= 0.3 is 17.9 Å². The van der Waals surface area contributed by atoms with Gasteiger partial charge in [-0.15, -0.1) is 0 Å². The van der Waals surface area contributed by atoms with Gasteiger partial charge in [-0.3, -0.25) is 14.4 Å². The summed E-state index contributed by atoms with van der Waals surface area (Å²) in [4.78, 5) is 39.2. The van der Waals surface area contributed by atoms with Gasteiger partial charge in [0.15, 0.2) is 0 Å². The van der Waals surface area contributed by atoms with E-state index in [1.165, 1.54) is 116 Å². The Balaban J connectivity index is 5.03. The lowest BCUT2D eigenvalue weighted by Gasteiger charge is -2.32. The van der Waals surface area contributed by atoms with Crippen LogP contribution in [0.3, 0.4) is 0 Å². The van der Waals surface area contributed by atoms with Crippen molar-refractivity contribution in [3.05, 3.63) is 0 Å². The summed E-state index contributed by atoms with van der Waals surface area (Å²) in [5.74, 6) is 3.87.